The molecule has 0 bridgehead atoms. The molecule has 210 valence electrons. The fourth-order valence-electron chi connectivity index (χ4n) is 4.40. The van der Waals surface area contributed by atoms with Crippen LogP contribution in [-0.4, -0.2) is 62.5 Å². The molecule has 0 saturated carbocycles. The van der Waals surface area contributed by atoms with Crippen LogP contribution in [0.4, 0.5) is 0 Å². The maximum Gasteiger partial charge on any atom is 0.240 e. The Morgan fingerprint density at radius 1 is 1.10 bits per heavy atom. The fraction of sp³-hybridized carbons (Fsp3) is 0.200. The van der Waals surface area contributed by atoms with Crippen LogP contribution in [0.3, 0.4) is 0 Å². The Bertz CT molecular complexity index is 1720. The van der Waals surface area contributed by atoms with Crippen molar-refractivity contribution in [2.75, 3.05) is 19.8 Å². The summed E-state index contributed by atoms with van der Waals surface area (Å²) in [7, 11) is 0. The van der Waals surface area contributed by atoms with Gasteiger partial charge in [0.15, 0.2) is 6.61 Å². The number of aliphatic hydroxyl groups excluding tert-OH is 2. The Balaban J connectivity index is 1.41. The van der Waals surface area contributed by atoms with Crippen LogP contribution < -0.4 is 14.8 Å². The average Bonchev–Trinajstić information content (AvgIpc) is 3.32. The molecule has 1 amide bonds. The van der Waals surface area contributed by atoms with E-state index in [4.69, 9.17) is 26.2 Å². The number of carbonyl (C=O) groups excluding carboxylic acids is 2. The molecule has 2 heterocycles. The number of amides is 1. The van der Waals surface area contributed by atoms with E-state index in [1.54, 1.807) is 47.2 Å². The third-order valence-corrected chi connectivity index (χ3v) is 6.67. The van der Waals surface area contributed by atoms with Crippen molar-refractivity contribution in [3.8, 4) is 17.4 Å². The largest absolute Gasteiger partial charge is 0.485 e. The average molecular weight is 575 g/mol. The highest BCUT2D eigenvalue weighted by Crippen LogP contribution is 2.30. The second-order valence-electron chi connectivity index (χ2n) is 9.48. The first kappa shape index (κ1) is 28.0. The van der Waals surface area contributed by atoms with Crippen molar-refractivity contribution in [2.45, 2.75) is 19.6 Å². The molecule has 0 radical (unpaired) electrons. The number of ether oxygens (including phenoxy) is 2. The molecule has 5 rings (SSSR count). The zero-order chi connectivity index (χ0) is 28.9. The normalized spacial score (nSPS) is 11.9. The molecule has 5 aromatic rings. The highest BCUT2D eigenvalue weighted by Gasteiger charge is 2.19. The van der Waals surface area contributed by atoms with Gasteiger partial charge in [-0.05, 0) is 65.7 Å². The molecule has 41 heavy (non-hydrogen) atoms. The summed E-state index contributed by atoms with van der Waals surface area (Å²) in [6.07, 6.45) is 2.06. The molecule has 11 heteroatoms. The van der Waals surface area contributed by atoms with E-state index in [0.717, 1.165) is 16.3 Å². The lowest BCUT2D eigenvalue weighted by Crippen LogP contribution is -2.35. The van der Waals surface area contributed by atoms with Gasteiger partial charge in [-0.2, -0.15) is 5.10 Å². The van der Waals surface area contributed by atoms with Gasteiger partial charge in [0.25, 0.3) is 0 Å². The van der Waals surface area contributed by atoms with Crippen molar-refractivity contribution in [2.24, 2.45) is 0 Å². The number of halogens is 1. The first-order valence-corrected chi connectivity index (χ1v) is 13.2. The molecule has 0 aliphatic heterocycles. The Hall–Kier alpha value is -4.51. The summed E-state index contributed by atoms with van der Waals surface area (Å²) in [6.45, 7) is 0.970. The summed E-state index contributed by atoms with van der Waals surface area (Å²) < 4.78 is 13.4. The van der Waals surface area contributed by atoms with E-state index in [9.17, 15) is 14.7 Å². The summed E-state index contributed by atoms with van der Waals surface area (Å²) in [5, 5.41) is 32.1. The molecule has 2 aromatic heterocycles. The van der Waals surface area contributed by atoms with Crippen LogP contribution in [0.5, 0.6) is 17.4 Å². The maximum absolute atomic E-state index is 13.4. The van der Waals surface area contributed by atoms with Gasteiger partial charge < -0.3 is 29.6 Å². The molecule has 3 N–H and O–H groups in total. The van der Waals surface area contributed by atoms with Gasteiger partial charge in [-0.1, -0.05) is 17.7 Å². The van der Waals surface area contributed by atoms with Crippen molar-refractivity contribution in [1.29, 1.82) is 0 Å². The minimum absolute atomic E-state index is 0.105. The van der Waals surface area contributed by atoms with Crippen LogP contribution in [0.2, 0.25) is 5.02 Å². The van der Waals surface area contributed by atoms with Crippen LogP contribution in [-0.2, 0) is 11.3 Å². The smallest absolute Gasteiger partial charge is 0.240 e. The molecule has 1 atom stereocenters. The molecule has 0 spiro atoms. The first-order valence-electron chi connectivity index (χ1n) is 12.8. The number of nitrogens with one attached hydrogen (secondary N) is 1. The second-order valence-corrected chi connectivity index (χ2v) is 9.91. The number of fused-ring (bicyclic) bond motifs is 2. The predicted octanol–water partition coefficient (Wildman–Crippen LogP) is 4.07. The molecule has 0 fully saturated rings. The lowest BCUT2D eigenvalue weighted by Gasteiger charge is -2.10. The van der Waals surface area contributed by atoms with Crippen molar-refractivity contribution in [3.63, 3.8) is 0 Å². The summed E-state index contributed by atoms with van der Waals surface area (Å²) in [5.74, 6) is 0.632. The van der Waals surface area contributed by atoms with E-state index in [1.165, 1.54) is 6.20 Å². The van der Waals surface area contributed by atoms with E-state index >= 15 is 0 Å². The van der Waals surface area contributed by atoms with E-state index < -0.39 is 18.6 Å². The van der Waals surface area contributed by atoms with Gasteiger partial charge in [0.1, 0.15) is 18.0 Å². The summed E-state index contributed by atoms with van der Waals surface area (Å²) in [5.41, 5.74) is 1.81. The number of aliphatic hydroxyl groups is 2. The Morgan fingerprint density at radius 3 is 2.73 bits per heavy atom. The molecule has 10 nitrogen and oxygen atoms in total. The number of carbonyl (C=O) groups is 2. The molecule has 3 aromatic carbocycles. The van der Waals surface area contributed by atoms with Gasteiger partial charge in [0, 0.05) is 47.0 Å². The summed E-state index contributed by atoms with van der Waals surface area (Å²) in [4.78, 5) is 26.0. The number of hydrogen-bond donors (Lipinski definition) is 3. The molecular weight excluding hydrogens is 548 g/mol. The van der Waals surface area contributed by atoms with E-state index in [0.29, 0.717) is 38.9 Å². The number of nitrogens with zero attached hydrogens (tertiary/aromatic N) is 3. The minimum Gasteiger partial charge on any atom is -0.485 e. The third kappa shape index (κ3) is 6.63. The fourth-order valence-corrected chi connectivity index (χ4v) is 4.58. The van der Waals surface area contributed by atoms with E-state index in [-0.39, 0.29) is 25.5 Å². The number of ketones is 1. The van der Waals surface area contributed by atoms with Crippen LogP contribution in [0.1, 0.15) is 15.9 Å². The van der Waals surface area contributed by atoms with Gasteiger partial charge in [-0.3, -0.25) is 9.59 Å². The van der Waals surface area contributed by atoms with Crippen molar-refractivity contribution in [3.05, 3.63) is 89.2 Å². The van der Waals surface area contributed by atoms with Crippen LogP contribution in [0, 0.1) is 6.92 Å². The highest BCUT2D eigenvalue weighted by atomic mass is 35.5. The lowest BCUT2D eigenvalue weighted by molar-refractivity contribution is -0.122. The Kier molecular flexibility index (Phi) is 8.44. The first-order chi connectivity index (χ1) is 19.8. The number of Topliss-reactive ketones (excluding diaryl/α,β-unsaturated/α-hetero) is 1. The minimum atomic E-state index is -1.07. The predicted molar refractivity (Wildman–Crippen MR) is 154 cm³/mol. The molecule has 0 saturated heterocycles. The van der Waals surface area contributed by atoms with Crippen molar-refractivity contribution < 1.29 is 29.3 Å². The Morgan fingerprint density at radius 2 is 1.95 bits per heavy atom. The molecule has 1 unspecified atom stereocenters. The van der Waals surface area contributed by atoms with Crippen LogP contribution in [0.25, 0.3) is 21.7 Å². The Labute approximate surface area is 240 Å². The standard InChI is InChI=1S/C30H27ClN4O6/c1-18-9-20-10-21(31)5-4-19(20)11-28(18)40-17-27(38)25-14-35(15-29(39)32-13-22(37)16-36)26-12-23(6-7-24(25)26)41-30-3-2-8-33-34-30/h2-12,14,22,36-37H,13,15-17H2,1H3,(H,32,39). The van der Waals surface area contributed by atoms with Gasteiger partial charge in [-0.25, -0.2) is 0 Å². The van der Waals surface area contributed by atoms with Gasteiger partial charge in [-0.15, -0.1) is 5.10 Å². The number of hydrogen-bond acceptors (Lipinski definition) is 8. The zero-order valence-electron chi connectivity index (χ0n) is 22.1. The van der Waals surface area contributed by atoms with Crippen molar-refractivity contribution in [1.82, 2.24) is 20.1 Å². The topological polar surface area (TPSA) is 136 Å². The van der Waals surface area contributed by atoms with Gasteiger partial charge in [0.2, 0.25) is 17.6 Å². The van der Waals surface area contributed by atoms with E-state index in [2.05, 4.69) is 15.5 Å². The molecular formula is C30H27ClN4O6. The van der Waals surface area contributed by atoms with Crippen molar-refractivity contribution >= 4 is 45.0 Å². The van der Waals surface area contributed by atoms with Gasteiger partial charge >= 0.3 is 0 Å². The number of rotatable bonds is 11. The third-order valence-electron chi connectivity index (χ3n) is 6.44. The summed E-state index contributed by atoms with van der Waals surface area (Å²) >= 11 is 6.11. The number of benzene rings is 3. The number of aryl methyl sites for hydroxylation is 1. The van der Waals surface area contributed by atoms with Crippen LogP contribution in [0.15, 0.2) is 73.1 Å². The molecule has 0 aliphatic carbocycles. The quantitative estimate of drug-likeness (QED) is 0.201. The van der Waals surface area contributed by atoms with E-state index in [1.807, 2.05) is 31.2 Å². The monoisotopic (exact) mass is 574 g/mol. The SMILES string of the molecule is Cc1cc2cc(Cl)ccc2cc1OCC(=O)c1cn(CC(=O)NCC(O)CO)c2cc(Oc3cccnn3)ccc12. The maximum atomic E-state index is 13.4. The lowest BCUT2D eigenvalue weighted by atomic mass is 10.1. The van der Waals surface area contributed by atoms with Crippen LogP contribution >= 0.6 is 11.6 Å². The summed E-state index contributed by atoms with van der Waals surface area (Å²) in [6, 6.07) is 17.9. The number of aromatic nitrogens is 3. The second kappa shape index (κ2) is 12.3. The highest BCUT2D eigenvalue weighted by molar-refractivity contribution is 6.31. The zero-order valence-corrected chi connectivity index (χ0v) is 22.8. The van der Waals surface area contributed by atoms with Gasteiger partial charge in [0.05, 0.1) is 18.2 Å². The molecule has 0 aliphatic rings.